The van der Waals surface area contributed by atoms with Crippen LogP contribution in [0.5, 0.6) is 5.88 Å². The van der Waals surface area contributed by atoms with Crippen LogP contribution in [0.2, 0.25) is 10.0 Å². The third-order valence-corrected chi connectivity index (χ3v) is 4.57. The first-order chi connectivity index (χ1) is 12.0. The highest BCUT2D eigenvalue weighted by molar-refractivity contribution is 7.09. The van der Waals surface area contributed by atoms with Gasteiger partial charge in [-0.05, 0) is 12.1 Å². The average molecular weight is 398 g/mol. The molecule has 0 aliphatic heterocycles. The number of halogens is 3. The number of rotatable bonds is 5. The second-order valence-electron chi connectivity index (χ2n) is 4.89. The third kappa shape index (κ3) is 3.89. The van der Waals surface area contributed by atoms with Gasteiger partial charge in [0.25, 0.3) is 11.8 Å². The second kappa shape index (κ2) is 7.35. The lowest BCUT2D eigenvalue weighted by atomic mass is 10.2. The molecule has 1 amide bonds. The summed E-state index contributed by atoms with van der Waals surface area (Å²) >= 11 is 12.9. The van der Waals surface area contributed by atoms with Gasteiger partial charge in [0, 0.05) is 16.0 Å². The fraction of sp³-hybridized carbons (Fsp3) is 0.0625. The predicted octanol–water partition coefficient (Wildman–Crippen LogP) is 4.33. The molecule has 0 radical (unpaired) electrons. The highest BCUT2D eigenvalue weighted by Gasteiger charge is 2.19. The van der Waals surface area contributed by atoms with Crippen molar-refractivity contribution in [3.63, 3.8) is 0 Å². The van der Waals surface area contributed by atoms with Crippen LogP contribution >= 0.6 is 34.5 Å². The topological polar surface area (TPSA) is 78.1 Å². The second-order valence-corrected chi connectivity index (χ2v) is 6.67. The summed E-state index contributed by atoms with van der Waals surface area (Å²) in [5, 5.41) is 2.93. The standard InChI is InChI=1S/C16H10Cl2FN3O2S/c17-9-3-1-8(2-4-9)11-7-25-12(22-11)6-24-16-14(19)13(15(20)23)10(18)5-21-16/h1-5,7H,6H2,(H2,20,23). The van der Waals surface area contributed by atoms with Gasteiger partial charge in [-0.1, -0.05) is 35.3 Å². The van der Waals surface area contributed by atoms with Crippen LogP contribution in [0.15, 0.2) is 35.8 Å². The summed E-state index contributed by atoms with van der Waals surface area (Å²) in [5.74, 6) is -2.34. The predicted molar refractivity (Wildman–Crippen MR) is 94.6 cm³/mol. The number of nitrogens with two attached hydrogens (primary N) is 1. The molecule has 0 atom stereocenters. The Labute approximate surface area is 156 Å². The Morgan fingerprint density at radius 1 is 1.28 bits per heavy atom. The van der Waals surface area contributed by atoms with Gasteiger partial charge in [-0.15, -0.1) is 11.3 Å². The zero-order valence-electron chi connectivity index (χ0n) is 12.5. The Bertz CT molecular complexity index is 932. The number of thiazole rings is 1. The molecule has 0 spiro atoms. The lowest BCUT2D eigenvalue weighted by Gasteiger charge is -2.07. The molecule has 0 unspecified atom stereocenters. The zero-order chi connectivity index (χ0) is 18.0. The molecule has 2 N–H and O–H groups in total. The molecule has 25 heavy (non-hydrogen) atoms. The fourth-order valence-corrected chi connectivity index (χ4v) is 3.10. The minimum Gasteiger partial charge on any atom is -0.468 e. The number of aromatic nitrogens is 2. The van der Waals surface area contributed by atoms with Crippen molar-refractivity contribution in [1.29, 1.82) is 0 Å². The molecule has 0 saturated carbocycles. The number of ether oxygens (including phenoxy) is 1. The molecule has 0 aliphatic rings. The Kier molecular flexibility index (Phi) is 5.17. The van der Waals surface area contributed by atoms with E-state index in [1.807, 2.05) is 17.5 Å². The maximum absolute atomic E-state index is 14.2. The molecule has 128 valence electrons. The summed E-state index contributed by atoms with van der Waals surface area (Å²) in [6.07, 6.45) is 1.11. The highest BCUT2D eigenvalue weighted by Crippen LogP contribution is 2.27. The number of amides is 1. The van der Waals surface area contributed by atoms with Crippen LogP contribution in [-0.2, 0) is 6.61 Å². The maximum atomic E-state index is 14.2. The van der Waals surface area contributed by atoms with Crippen molar-refractivity contribution < 1.29 is 13.9 Å². The Morgan fingerprint density at radius 2 is 2.00 bits per heavy atom. The first-order valence-electron chi connectivity index (χ1n) is 6.92. The van der Waals surface area contributed by atoms with Gasteiger partial charge >= 0.3 is 0 Å². The van der Waals surface area contributed by atoms with Crippen LogP contribution in [0, 0.1) is 5.82 Å². The molecule has 0 saturated heterocycles. The van der Waals surface area contributed by atoms with Crippen molar-refractivity contribution >= 4 is 40.4 Å². The van der Waals surface area contributed by atoms with E-state index in [2.05, 4.69) is 9.97 Å². The molecule has 2 heterocycles. The summed E-state index contributed by atoms with van der Waals surface area (Å²) in [6, 6.07) is 7.23. The number of carbonyl (C=O) groups excluding carboxylic acids is 1. The third-order valence-electron chi connectivity index (χ3n) is 3.21. The van der Waals surface area contributed by atoms with E-state index in [0.717, 1.165) is 17.5 Å². The van der Waals surface area contributed by atoms with Crippen LogP contribution in [0.4, 0.5) is 4.39 Å². The maximum Gasteiger partial charge on any atom is 0.253 e. The quantitative estimate of drug-likeness (QED) is 0.694. The van der Waals surface area contributed by atoms with Gasteiger partial charge in [0.2, 0.25) is 0 Å². The number of nitrogens with zero attached hydrogens (tertiary/aromatic N) is 2. The van der Waals surface area contributed by atoms with Crippen LogP contribution in [0.3, 0.4) is 0 Å². The molecule has 0 aliphatic carbocycles. The summed E-state index contributed by atoms with van der Waals surface area (Å²) in [7, 11) is 0. The van der Waals surface area contributed by atoms with Gasteiger partial charge in [0.05, 0.1) is 16.9 Å². The van der Waals surface area contributed by atoms with Gasteiger partial charge in [-0.2, -0.15) is 0 Å². The molecule has 2 aromatic heterocycles. The average Bonchev–Trinajstić information content (AvgIpc) is 3.03. The Hall–Kier alpha value is -2.22. The summed E-state index contributed by atoms with van der Waals surface area (Å²) in [5.41, 5.74) is 6.31. The normalized spacial score (nSPS) is 10.7. The van der Waals surface area contributed by atoms with E-state index in [9.17, 15) is 9.18 Å². The SMILES string of the molecule is NC(=O)c1c(Cl)cnc(OCc2nc(-c3ccc(Cl)cc3)cs2)c1F. The van der Waals surface area contributed by atoms with Crippen LogP contribution in [0.1, 0.15) is 15.4 Å². The lowest BCUT2D eigenvalue weighted by molar-refractivity contribution is 0.0995. The van der Waals surface area contributed by atoms with Crippen molar-refractivity contribution in [2.75, 3.05) is 0 Å². The molecule has 0 bridgehead atoms. The molecule has 3 aromatic rings. The number of primary amides is 1. The number of hydrogen-bond donors (Lipinski definition) is 1. The van der Waals surface area contributed by atoms with Gasteiger partial charge in [0.15, 0.2) is 5.82 Å². The van der Waals surface area contributed by atoms with Gasteiger partial charge in [-0.25, -0.2) is 14.4 Å². The fourth-order valence-electron chi connectivity index (χ4n) is 2.04. The first-order valence-corrected chi connectivity index (χ1v) is 8.56. The molecule has 5 nitrogen and oxygen atoms in total. The van der Waals surface area contributed by atoms with Crippen molar-refractivity contribution in [3.05, 3.63) is 62.3 Å². The number of pyridine rings is 1. The first kappa shape index (κ1) is 17.6. The molecule has 0 fully saturated rings. The van der Waals surface area contributed by atoms with Crippen molar-refractivity contribution in [2.45, 2.75) is 6.61 Å². The molecule has 1 aromatic carbocycles. The molecular formula is C16H10Cl2FN3O2S. The lowest BCUT2D eigenvalue weighted by Crippen LogP contribution is -2.15. The minimum atomic E-state index is -0.992. The zero-order valence-corrected chi connectivity index (χ0v) is 14.8. The summed E-state index contributed by atoms with van der Waals surface area (Å²) in [4.78, 5) is 19.4. The van der Waals surface area contributed by atoms with Crippen molar-refractivity contribution in [1.82, 2.24) is 9.97 Å². The minimum absolute atomic E-state index is 0.0119. The smallest absolute Gasteiger partial charge is 0.253 e. The highest BCUT2D eigenvalue weighted by atomic mass is 35.5. The Morgan fingerprint density at radius 3 is 2.68 bits per heavy atom. The number of hydrogen-bond acceptors (Lipinski definition) is 5. The van der Waals surface area contributed by atoms with Gasteiger partial charge in [0.1, 0.15) is 17.2 Å². The van der Waals surface area contributed by atoms with Crippen LogP contribution in [-0.4, -0.2) is 15.9 Å². The van der Waals surface area contributed by atoms with Crippen LogP contribution < -0.4 is 10.5 Å². The van der Waals surface area contributed by atoms with Crippen molar-refractivity contribution in [3.8, 4) is 17.1 Å². The van der Waals surface area contributed by atoms with E-state index in [-0.39, 0.29) is 17.5 Å². The van der Waals surface area contributed by atoms with Gasteiger partial charge in [-0.3, -0.25) is 4.79 Å². The van der Waals surface area contributed by atoms with Crippen LogP contribution in [0.25, 0.3) is 11.3 Å². The number of carbonyl (C=O) groups is 1. The monoisotopic (exact) mass is 397 g/mol. The van der Waals surface area contributed by atoms with E-state index in [1.165, 1.54) is 11.3 Å². The summed E-state index contributed by atoms with van der Waals surface area (Å²) < 4.78 is 19.5. The Balaban J connectivity index is 1.76. The van der Waals surface area contributed by atoms with Gasteiger partial charge < -0.3 is 10.5 Å². The molecule has 9 heteroatoms. The van der Waals surface area contributed by atoms with Crippen molar-refractivity contribution in [2.24, 2.45) is 5.73 Å². The molecule has 3 rings (SSSR count). The van der Waals surface area contributed by atoms with E-state index < -0.39 is 17.3 Å². The van der Waals surface area contributed by atoms with E-state index in [4.69, 9.17) is 33.7 Å². The largest absolute Gasteiger partial charge is 0.468 e. The van der Waals surface area contributed by atoms with E-state index >= 15 is 0 Å². The molecular weight excluding hydrogens is 388 g/mol. The summed E-state index contributed by atoms with van der Waals surface area (Å²) in [6.45, 7) is -0.0119. The van der Waals surface area contributed by atoms with E-state index in [1.54, 1.807) is 12.1 Å². The van der Waals surface area contributed by atoms with E-state index in [0.29, 0.717) is 10.0 Å². The number of benzene rings is 1.